The van der Waals surface area contributed by atoms with E-state index in [0.29, 0.717) is 22.4 Å². The van der Waals surface area contributed by atoms with E-state index in [-0.39, 0.29) is 0 Å². The summed E-state index contributed by atoms with van der Waals surface area (Å²) in [6.45, 7) is 3.14. The minimum Gasteiger partial charge on any atom is -0.324 e. The summed E-state index contributed by atoms with van der Waals surface area (Å²) < 4.78 is 13.1. The van der Waals surface area contributed by atoms with Gasteiger partial charge in [-0.1, -0.05) is 12.1 Å². The lowest BCUT2D eigenvalue weighted by Crippen LogP contribution is -2.45. The van der Waals surface area contributed by atoms with Crippen LogP contribution < -0.4 is 5.32 Å². The highest BCUT2D eigenvalue weighted by atomic mass is 19.1. The molecule has 24 heavy (non-hydrogen) atoms. The molecule has 1 heterocycles. The van der Waals surface area contributed by atoms with E-state index in [0.717, 1.165) is 4.90 Å². The molecule has 0 aromatic heterocycles. The van der Waals surface area contributed by atoms with Crippen LogP contribution in [-0.4, -0.2) is 28.7 Å². The fraction of sp³-hybridized carbons (Fsp3) is 0.167. The quantitative estimate of drug-likeness (QED) is 0.882. The Labute approximate surface area is 138 Å². The van der Waals surface area contributed by atoms with Crippen LogP contribution in [0.2, 0.25) is 0 Å². The van der Waals surface area contributed by atoms with Crippen molar-refractivity contribution >= 4 is 23.4 Å². The monoisotopic (exact) mass is 326 g/mol. The molecule has 0 bridgehead atoms. The van der Waals surface area contributed by atoms with Gasteiger partial charge in [-0.3, -0.25) is 19.3 Å². The zero-order chi connectivity index (χ0) is 17.4. The zero-order valence-corrected chi connectivity index (χ0v) is 13.2. The number of fused-ring (bicyclic) bond motifs is 1. The lowest BCUT2D eigenvalue weighted by Gasteiger charge is -2.22. The molecule has 1 aliphatic rings. The SMILES string of the molecule is Cc1cc(F)ccc1NC(=O)C(C)N1C(=O)c2ccccc2C1=O. The van der Waals surface area contributed by atoms with Crippen molar-refractivity contribution in [3.8, 4) is 0 Å². The molecule has 0 radical (unpaired) electrons. The summed E-state index contributed by atoms with van der Waals surface area (Å²) in [4.78, 5) is 38.2. The molecule has 2 aromatic rings. The Balaban J connectivity index is 1.82. The molecule has 2 aromatic carbocycles. The molecule has 1 atom stereocenters. The van der Waals surface area contributed by atoms with Crippen LogP contribution in [0.1, 0.15) is 33.2 Å². The fourth-order valence-corrected chi connectivity index (χ4v) is 2.68. The fourth-order valence-electron chi connectivity index (χ4n) is 2.68. The molecule has 0 saturated heterocycles. The minimum atomic E-state index is -0.984. The Morgan fingerprint density at radius 3 is 2.21 bits per heavy atom. The summed E-state index contributed by atoms with van der Waals surface area (Å²) in [5.41, 5.74) is 1.57. The van der Waals surface area contributed by atoms with Crippen molar-refractivity contribution in [3.05, 3.63) is 65.0 Å². The lowest BCUT2D eigenvalue weighted by atomic mass is 10.1. The van der Waals surface area contributed by atoms with Crippen LogP contribution in [0, 0.1) is 12.7 Å². The van der Waals surface area contributed by atoms with Gasteiger partial charge in [-0.05, 0) is 49.7 Å². The number of benzene rings is 2. The predicted octanol–water partition coefficient (Wildman–Crippen LogP) is 2.76. The Bertz CT molecular complexity index is 828. The number of nitrogens with zero attached hydrogens (tertiary/aromatic N) is 1. The Kier molecular flexibility index (Phi) is 3.89. The molecule has 122 valence electrons. The highest BCUT2D eigenvalue weighted by molar-refractivity contribution is 6.23. The van der Waals surface area contributed by atoms with Gasteiger partial charge in [0, 0.05) is 5.69 Å². The molecule has 1 unspecified atom stereocenters. The number of imide groups is 1. The van der Waals surface area contributed by atoms with E-state index in [9.17, 15) is 18.8 Å². The third-order valence-corrected chi connectivity index (χ3v) is 4.04. The molecule has 3 amide bonds. The first-order chi connectivity index (χ1) is 11.4. The molecule has 1 N–H and O–H groups in total. The van der Waals surface area contributed by atoms with Crippen LogP contribution >= 0.6 is 0 Å². The minimum absolute atomic E-state index is 0.292. The van der Waals surface area contributed by atoms with Crippen LogP contribution in [0.4, 0.5) is 10.1 Å². The summed E-state index contributed by atoms with van der Waals surface area (Å²) in [5.74, 6) is -1.90. The smallest absolute Gasteiger partial charge is 0.262 e. The molecule has 0 spiro atoms. The van der Waals surface area contributed by atoms with Crippen molar-refractivity contribution in [1.29, 1.82) is 0 Å². The number of aryl methyl sites for hydroxylation is 1. The zero-order valence-electron chi connectivity index (χ0n) is 13.2. The van der Waals surface area contributed by atoms with Crippen molar-refractivity contribution < 1.29 is 18.8 Å². The van der Waals surface area contributed by atoms with Gasteiger partial charge < -0.3 is 5.32 Å². The predicted molar refractivity (Wildman–Crippen MR) is 86.2 cm³/mol. The molecule has 3 rings (SSSR count). The van der Waals surface area contributed by atoms with Gasteiger partial charge in [0.1, 0.15) is 11.9 Å². The normalized spacial score (nSPS) is 14.5. The van der Waals surface area contributed by atoms with Crippen molar-refractivity contribution in [1.82, 2.24) is 4.90 Å². The molecular formula is C18H15FN2O3. The number of carbonyl (C=O) groups excluding carboxylic acids is 3. The maximum Gasteiger partial charge on any atom is 0.262 e. The second kappa shape index (κ2) is 5.88. The van der Waals surface area contributed by atoms with E-state index < -0.39 is 29.6 Å². The van der Waals surface area contributed by atoms with Gasteiger partial charge in [-0.2, -0.15) is 0 Å². The molecule has 0 fully saturated rings. The van der Waals surface area contributed by atoms with Crippen LogP contribution in [-0.2, 0) is 4.79 Å². The Morgan fingerprint density at radius 2 is 1.67 bits per heavy atom. The van der Waals surface area contributed by atoms with Crippen molar-refractivity contribution in [2.45, 2.75) is 19.9 Å². The number of rotatable bonds is 3. The first-order valence-corrected chi connectivity index (χ1v) is 7.44. The van der Waals surface area contributed by atoms with Crippen molar-refractivity contribution in [2.75, 3.05) is 5.32 Å². The van der Waals surface area contributed by atoms with Gasteiger partial charge in [0.05, 0.1) is 11.1 Å². The molecule has 1 aliphatic heterocycles. The standard InChI is InChI=1S/C18H15FN2O3/c1-10-9-12(19)7-8-15(10)20-16(22)11(2)21-17(23)13-5-3-4-6-14(13)18(21)24/h3-9,11H,1-2H3,(H,20,22). The first-order valence-electron chi connectivity index (χ1n) is 7.44. The van der Waals surface area contributed by atoms with Gasteiger partial charge in [-0.15, -0.1) is 0 Å². The van der Waals surface area contributed by atoms with E-state index in [4.69, 9.17) is 0 Å². The van der Waals surface area contributed by atoms with E-state index in [1.165, 1.54) is 25.1 Å². The second-order valence-corrected chi connectivity index (χ2v) is 5.65. The van der Waals surface area contributed by atoms with E-state index >= 15 is 0 Å². The number of halogens is 1. The van der Waals surface area contributed by atoms with Gasteiger partial charge in [-0.25, -0.2) is 4.39 Å². The second-order valence-electron chi connectivity index (χ2n) is 5.65. The highest BCUT2D eigenvalue weighted by Gasteiger charge is 2.40. The van der Waals surface area contributed by atoms with Crippen LogP contribution in [0.3, 0.4) is 0 Å². The lowest BCUT2D eigenvalue weighted by molar-refractivity contribution is -0.119. The number of nitrogens with one attached hydrogen (secondary N) is 1. The highest BCUT2D eigenvalue weighted by Crippen LogP contribution is 2.25. The van der Waals surface area contributed by atoms with Gasteiger partial charge in [0.2, 0.25) is 5.91 Å². The number of carbonyl (C=O) groups is 3. The van der Waals surface area contributed by atoms with Crippen LogP contribution in [0.5, 0.6) is 0 Å². The Hall–Kier alpha value is -3.02. The summed E-state index contributed by atoms with van der Waals surface area (Å²) >= 11 is 0. The Morgan fingerprint density at radius 1 is 1.08 bits per heavy atom. The van der Waals surface area contributed by atoms with E-state index in [1.807, 2.05) is 0 Å². The summed E-state index contributed by atoms with van der Waals surface area (Å²) in [7, 11) is 0. The maximum absolute atomic E-state index is 13.1. The topological polar surface area (TPSA) is 66.5 Å². The van der Waals surface area contributed by atoms with E-state index in [2.05, 4.69) is 5.32 Å². The van der Waals surface area contributed by atoms with Crippen molar-refractivity contribution in [3.63, 3.8) is 0 Å². The average Bonchev–Trinajstić information content (AvgIpc) is 2.81. The molecule has 6 heteroatoms. The summed E-state index contributed by atoms with van der Waals surface area (Å²) in [5, 5.41) is 2.63. The van der Waals surface area contributed by atoms with Gasteiger partial charge in [0.25, 0.3) is 11.8 Å². The average molecular weight is 326 g/mol. The van der Waals surface area contributed by atoms with Crippen molar-refractivity contribution in [2.24, 2.45) is 0 Å². The number of hydrogen-bond donors (Lipinski definition) is 1. The van der Waals surface area contributed by atoms with Crippen LogP contribution in [0.25, 0.3) is 0 Å². The largest absolute Gasteiger partial charge is 0.324 e. The number of amides is 3. The third kappa shape index (κ3) is 2.56. The molecule has 5 nitrogen and oxygen atoms in total. The number of hydrogen-bond acceptors (Lipinski definition) is 3. The third-order valence-electron chi connectivity index (χ3n) is 4.04. The number of anilines is 1. The summed E-state index contributed by atoms with van der Waals surface area (Å²) in [6.07, 6.45) is 0. The van der Waals surface area contributed by atoms with Crippen LogP contribution in [0.15, 0.2) is 42.5 Å². The van der Waals surface area contributed by atoms with Gasteiger partial charge in [0.15, 0.2) is 0 Å². The maximum atomic E-state index is 13.1. The molecule has 0 saturated carbocycles. The molecule has 0 aliphatic carbocycles. The first kappa shape index (κ1) is 15.9. The van der Waals surface area contributed by atoms with E-state index in [1.54, 1.807) is 31.2 Å². The molecular weight excluding hydrogens is 311 g/mol. The van der Waals surface area contributed by atoms with Gasteiger partial charge >= 0.3 is 0 Å². The summed E-state index contributed by atoms with van der Waals surface area (Å²) in [6, 6.07) is 9.44.